The number of pyridine rings is 1. The molecule has 1 N–H and O–H groups in total. The minimum atomic E-state index is -3.46. The lowest BCUT2D eigenvalue weighted by Crippen LogP contribution is -2.33. The second kappa shape index (κ2) is 10.4. The zero-order valence-electron chi connectivity index (χ0n) is 22.5. The van der Waals surface area contributed by atoms with E-state index in [2.05, 4.69) is 15.4 Å². The zero-order valence-corrected chi connectivity index (χ0v) is 23.3. The van der Waals surface area contributed by atoms with Crippen molar-refractivity contribution >= 4 is 32.3 Å². The summed E-state index contributed by atoms with van der Waals surface area (Å²) < 4.78 is 39.0. The molecule has 0 radical (unpaired) electrons. The molecule has 1 saturated heterocycles. The van der Waals surface area contributed by atoms with E-state index in [1.165, 1.54) is 0 Å². The molecule has 39 heavy (non-hydrogen) atoms. The van der Waals surface area contributed by atoms with Crippen molar-refractivity contribution < 1.29 is 22.7 Å². The largest absolute Gasteiger partial charge is 0.456 e. The first-order valence-corrected chi connectivity index (χ1v) is 14.4. The number of amides is 1. The molecule has 1 aliphatic heterocycles. The second-order valence-electron chi connectivity index (χ2n) is 10.9. The van der Waals surface area contributed by atoms with Gasteiger partial charge in [0.25, 0.3) is 0 Å². The zero-order chi connectivity index (χ0) is 27.8. The summed E-state index contributed by atoms with van der Waals surface area (Å²) in [5.41, 5.74) is 2.81. The lowest BCUT2D eigenvalue weighted by molar-refractivity contribution is -0.115. The maximum atomic E-state index is 12.9. The van der Waals surface area contributed by atoms with Gasteiger partial charge in [-0.05, 0) is 69.2 Å². The molecule has 2 aromatic carbocycles. The number of nitrogens with one attached hydrogen (secondary N) is 1. The van der Waals surface area contributed by atoms with E-state index in [1.807, 2.05) is 56.8 Å². The van der Waals surface area contributed by atoms with Crippen molar-refractivity contribution in [2.45, 2.75) is 44.6 Å². The number of hydrogen-bond donors (Lipinski definition) is 1. The molecular formula is C29H32N4O5S. The van der Waals surface area contributed by atoms with E-state index in [1.54, 1.807) is 36.7 Å². The summed E-state index contributed by atoms with van der Waals surface area (Å²) in [6, 6.07) is 12.2. The van der Waals surface area contributed by atoms with Crippen LogP contribution in [0, 0.1) is 12.8 Å². The smallest absolute Gasteiger partial charge is 0.228 e. The first-order valence-electron chi connectivity index (χ1n) is 12.8. The van der Waals surface area contributed by atoms with Crippen LogP contribution in [-0.2, 0) is 31.3 Å². The van der Waals surface area contributed by atoms with Gasteiger partial charge in [0.2, 0.25) is 5.91 Å². The number of fused-ring (bicyclic) bond motifs is 1. The van der Waals surface area contributed by atoms with Gasteiger partial charge in [0.15, 0.2) is 9.84 Å². The number of rotatable bonds is 8. The molecule has 5 rings (SSSR count). The number of anilines is 1. The molecule has 0 atom stereocenters. The molecule has 204 valence electrons. The predicted octanol–water partition coefficient (Wildman–Crippen LogP) is 4.89. The van der Waals surface area contributed by atoms with Crippen LogP contribution >= 0.6 is 0 Å². The van der Waals surface area contributed by atoms with Crippen molar-refractivity contribution in [3.05, 3.63) is 72.2 Å². The SMILES string of the molecule is Cc1cc(CC(=O)Nc2cnn(C(C)(C)C)c2)ccc1Oc1ccnc2ccc(S(=O)(=O)CC3COC3)cc12. The van der Waals surface area contributed by atoms with Crippen molar-refractivity contribution in [3.8, 4) is 11.5 Å². The molecular weight excluding hydrogens is 516 g/mol. The van der Waals surface area contributed by atoms with Crippen LogP contribution in [0.2, 0.25) is 0 Å². The quantitative estimate of drug-likeness (QED) is 0.334. The minimum absolute atomic E-state index is 0.0276. The number of benzene rings is 2. The molecule has 10 heteroatoms. The van der Waals surface area contributed by atoms with Crippen LogP contribution in [0.5, 0.6) is 11.5 Å². The van der Waals surface area contributed by atoms with E-state index in [0.29, 0.717) is 41.3 Å². The van der Waals surface area contributed by atoms with Crippen LogP contribution in [0.15, 0.2) is 66.0 Å². The van der Waals surface area contributed by atoms with Gasteiger partial charge in [-0.15, -0.1) is 0 Å². The Hall–Kier alpha value is -3.76. The highest BCUT2D eigenvalue weighted by Gasteiger charge is 2.27. The monoisotopic (exact) mass is 548 g/mol. The third-order valence-electron chi connectivity index (χ3n) is 6.57. The molecule has 0 spiro atoms. The Balaban J connectivity index is 1.31. The molecule has 0 unspecified atom stereocenters. The molecule has 3 heterocycles. The Bertz CT molecular complexity index is 1640. The van der Waals surface area contributed by atoms with Crippen LogP contribution in [-0.4, -0.2) is 48.1 Å². The average molecular weight is 549 g/mol. The van der Waals surface area contributed by atoms with Gasteiger partial charge in [-0.1, -0.05) is 12.1 Å². The maximum absolute atomic E-state index is 12.9. The molecule has 2 aromatic heterocycles. The van der Waals surface area contributed by atoms with Gasteiger partial charge in [0.1, 0.15) is 11.5 Å². The standard InChI is InChI=1S/C29H32N4O5S/c1-19-11-20(12-28(34)32-22-14-31-33(15-22)29(2,3)4)5-8-26(19)38-27-9-10-30-25-7-6-23(13-24(25)27)39(35,36)18-21-16-37-17-21/h5-11,13-15,21H,12,16-18H2,1-4H3,(H,32,34). The third-order valence-corrected chi connectivity index (χ3v) is 8.45. The van der Waals surface area contributed by atoms with E-state index < -0.39 is 9.84 Å². The van der Waals surface area contributed by atoms with Crippen molar-refractivity contribution in [2.24, 2.45) is 5.92 Å². The van der Waals surface area contributed by atoms with Crippen molar-refractivity contribution in [2.75, 3.05) is 24.3 Å². The highest BCUT2D eigenvalue weighted by Crippen LogP contribution is 2.33. The number of aryl methyl sites for hydroxylation is 1. The first kappa shape index (κ1) is 26.8. The van der Waals surface area contributed by atoms with Gasteiger partial charge < -0.3 is 14.8 Å². The Morgan fingerprint density at radius 2 is 1.92 bits per heavy atom. The summed E-state index contributed by atoms with van der Waals surface area (Å²) in [7, 11) is -3.46. The number of hydrogen-bond acceptors (Lipinski definition) is 7. The number of carbonyl (C=O) groups excluding carboxylic acids is 1. The van der Waals surface area contributed by atoms with Gasteiger partial charge in [0.05, 0.1) is 53.2 Å². The topological polar surface area (TPSA) is 112 Å². The third kappa shape index (κ3) is 6.12. The molecule has 0 bridgehead atoms. The number of nitrogens with zero attached hydrogens (tertiary/aromatic N) is 3. The highest BCUT2D eigenvalue weighted by molar-refractivity contribution is 7.91. The number of aromatic nitrogens is 3. The number of sulfone groups is 1. The van der Waals surface area contributed by atoms with Gasteiger partial charge in [-0.3, -0.25) is 14.5 Å². The van der Waals surface area contributed by atoms with Crippen LogP contribution in [0.25, 0.3) is 10.9 Å². The van der Waals surface area contributed by atoms with Crippen molar-refractivity contribution in [3.63, 3.8) is 0 Å². The average Bonchev–Trinajstić information content (AvgIpc) is 3.32. The molecule has 1 amide bonds. The molecule has 0 aliphatic carbocycles. The van der Waals surface area contributed by atoms with Crippen molar-refractivity contribution in [1.29, 1.82) is 0 Å². The van der Waals surface area contributed by atoms with Crippen LogP contribution in [0.4, 0.5) is 5.69 Å². The summed E-state index contributed by atoms with van der Waals surface area (Å²) in [5.74, 6) is 1.06. The fourth-order valence-electron chi connectivity index (χ4n) is 4.37. The van der Waals surface area contributed by atoms with E-state index in [0.717, 1.165) is 11.1 Å². The highest BCUT2D eigenvalue weighted by atomic mass is 32.2. The van der Waals surface area contributed by atoms with Gasteiger partial charge in [0, 0.05) is 23.7 Å². The molecule has 4 aromatic rings. The number of carbonyl (C=O) groups is 1. The van der Waals surface area contributed by atoms with Gasteiger partial charge >= 0.3 is 0 Å². The molecule has 0 saturated carbocycles. The van der Waals surface area contributed by atoms with E-state index in [-0.39, 0.29) is 34.4 Å². The fraction of sp³-hybridized carbons (Fsp3) is 0.345. The van der Waals surface area contributed by atoms with Crippen LogP contribution < -0.4 is 10.1 Å². The summed E-state index contributed by atoms with van der Waals surface area (Å²) in [6.07, 6.45) is 5.29. The Morgan fingerprint density at radius 3 is 2.59 bits per heavy atom. The van der Waals surface area contributed by atoms with E-state index in [4.69, 9.17) is 9.47 Å². The summed E-state index contributed by atoms with van der Waals surface area (Å²) in [4.78, 5) is 17.2. The lowest BCUT2D eigenvalue weighted by Gasteiger charge is -2.25. The van der Waals surface area contributed by atoms with Gasteiger partial charge in [-0.2, -0.15) is 5.10 Å². The molecule has 1 fully saturated rings. The normalized spacial score (nSPS) is 14.3. The Morgan fingerprint density at radius 1 is 1.13 bits per heavy atom. The summed E-state index contributed by atoms with van der Waals surface area (Å²) in [5, 5.41) is 7.82. The van der Waals surface area contributed by atoms with E-state index >= 15 is 0 Å². The Labute approximate surface area is 228 Å². The van der Waals surface area contributed by atoms with Crippen LogP contribution in [0.3, 0.4) is 0 Å². The first-order chi connectivity index (χ1) is 18.5. The lowest BCUT2D eigenvalue weighted by atomic mass is 10.1. The summed E-state index contributed by atoms with van der Waals surface area (Å²) >= 11 is 0. The number of ether oxygens (including phenoxy) is 2. The predicted molar refractivity (Wildman–Crippen MR) is 149 cm³/mol. The fourth-order valence-corrected chi connectivity index (χ4v) is 5.95. The maximum Gasteiger partial charge on any atom is 0.228 e. The van der Waals surface area contributed by atoms with Crippen molar-refractivity contribution in [1.82, 2.24) is 14.8 Å². The van der Waals surface area contributed by atoms with Crippen LogP contribution in [0.1, 0.15) is 31.9 Å². The summed E-state index contributed by atoms with van der Waals surface area (Å²) in [6.45, 7) is 8.98. The minimum Gasteiger partial charge on any atom is -0.456 e. The Kier molecular flexibility index (Phi) is 7.17. The second-order valence-corrected chi connectivity index (χ2v) is 13.0. The molecule has 9 nitrogen and oxygen atoms in total. The van der Waals surface area contributed by atoms with E-state index in [9.17, 15) is 13.2 Å². The van der Waals surface area contributed by atoms with Gasteiger partial charge in [-0.25, -0.2) is 8.42 Å². The molecule has 1 aliphatic rings.